The fourth-order valence-corrected chi connectivity index (χ4v) is 3.86. The second-order valence-corrected chi connectivity index (χ2v) is 11.0. The second-order valence-electron chi connectivity index (χ2n) is 11.0. The molecule has 0 aromatic heterocycles. The molecule has 7 nitrogen and oxygen atoms in total. The fourth-order valence-electron chi connectivity index (χ4n) is 3.86. The molecule has 0 bridgehead atoms. The number of ether oxygens (including phenoxy) is 1. The molecule has 0 aromatic rings. The fraction of sp³-hybridized carbons (Fsp3) is 0.875. The first-order chi connectivity index (χ1) is 14.1. The van der Waals surface area contributed by atoms with E-state index in [0.717, 1.165) is 6.42 Å². The molecular formula is C24H44N2O5. The van der Waals surface area contributed by atoms with Crippen molar-refractivity contribution in [2.24, 2.45) is 22.5 Å². The minimum atomic E-state index is -0.817. The highest BCUT2D eigenvalue weighted by Gasteiger charge is 2.41. The predicted molar refractivity (Wildman–Crippen MR) is 121 cm³/mol. The minimum Gasteiger partial charge on any atom is -0.392 e. The smallest absolute Gasteiger partial charge is 0.228 e. The van der Waals surface area contributed by atoms with Crippen LogP contribution < -0.4 is 5.73 Å². The maximum Gasteiger partial charge on any atom is 0.228 e. The average molecular weight is 441 g/mol. The van der Waals surface area contributed by atoms with Crippen molar-refractivity contribution >= 4 is 17.5 Å². The Bertz CT molecular complexity index is 635. The van der Waals surface area contributed by atoms with Gasteiger partial charge in [0.1, 0.15) is 0 Å². The molecule has 1 aliphatic heterocycles. The number of nitrogens with zero attached hydrogens (tertiary/aromatic N) is 1. The van der Waals surface area contributed by atoms with E-state index in [4.69, 9.17) is 10.5 Å². The zero-order valence-electron chi connectivity index (χ0n) is 20.7. The lowest BCUT2D eigenvalue weighted by atomic mass is 9.85. The van der Waals surface area contributed by atoms with Crippen LogP contribution in [0.15, 0.2) is 0 Å². The van der Waals surface area contributed by atoms with Crippen molar-refractivity contribution in [3.63, 3.8) is 0 Å². The summed E-state index contributed by atoms with van der Waals surface area (Å²) in [6, 6.07) is -1.09. The number of likely N-dealkylation sites (tertiary alicyclic amines) is 1. The monoisotopic (exact) mass is 440 g/mol. The Kier molecular flexibility index (Phi) is 9.85. The lowest BCUT2D eigenvalue weighted by molar-refractivity contribution is -0.145. The van der Waals surface area contributed by atoms with E-state index in [-0.39, 0.29) is 17.5 Å². The van der Waals surface area contributed by atoms with Crippen LogP contribution in [0.1, 0.15) is 81.1 Å². The van der Waals surface area contributed by atoms with E-state index in [1.807, 2.05) is 41.5 Å². The minimum absolute atomic E-state index is 0.0516. The van der Waals surface area contributed by atoms with Crippen LogP contribution in [0.4, 0.5) is 0 Å². The van der Waals surface area contributed by atoms with Crippen molar-refractivity contribution in [3.05, 3.63) is 0 Å². The molecule has 3 N–H and O–H groups in total. The molecule has 0 aliphatic carbocycles. The molecule has 7 heteroatoms. The van der Waals surface area contributed by atoms with Gasteiger partial charge < -0.3 is 20.5 Å². The Morgan fingerprint density at radius 2 is 1.68 bits per heavy atom. The number of ketones is 2. The van der Waals surface area contributed by atoms with Crippen LogP contribution in [0.3, 0.4) is 0 Å². The standard InChI is InChI=1S/C24H44N2O5/c1-15(22(30)26-13-9-11-17(26)20(28)23(3,4)5)18(27)12-10-14-31-16(2)19(25)21(29)24(6,7)8/h15-19,27H,9-14,25H2,1-8H3. The van der Waals surface area contributed by atoms with Gasteiger partial charge >= 0.3 is 0 Å². The summed E-state index contributed by atoms with van der Waals surface area (Å²) < 4.78 is 5.70. The molecule has 1 aliphatic rings. The van der Waals surface area contributed by atoms with Crippen LogP contribution in [0, 0.1) is 16.7 Å². The van der Waals surface area contributed by atoms with Gasteiger partial charge in [-0.05, 0) is 32.6 Å². The summed E-state index contributed by atoms with van der Waals surface area (Å²) in [5, 5.41) is 10.5. The van der Waals surface area contributed by atoms with Gasteiger partial charge in [-0.1, -0.05) is 48.5 Å². The van der Waals surface area contributed by atoms with Gasteiger partial charge in [0.2, 0.25) is 5.91 Å². The Morgan fingerprint density at radius 3 is 2.19 bits per heavy atom. The number of rotatable bonds is 10. The lowest BCUT2D eigenvalue weighted by Crippen LogP contribution is -2.48. The third-order valence-corrected chi connectivity index (χ3v) is 6.12. The molecule has 0 saturated carbocycles. The maximum absolute atomic E-state index is 13.0. The van der Waals surface area contributed by atoms with Gasteiger partial charge in [0.05, 0.1) is 30.2 Å². The van der Waals surface area contributed by atoms with Crippen LogP contribution in [-0.4, -0.2) is 64.9 Å². The molecule has 1 saturated heterocycles. The quantitative estimate of drug-likeness (QED) is 0.506. The van der Waals surface area contributed by atoms with Gasteiger partial charge in [-0.15, -0.1) is 0 Å². The van der Waals surface area contributed by atoms with Gasteiger partial charge in [-0.25, -0.2) is 0 Å². The molecule has 31 heavy (non-hydrogen) atoms. The van der Waals surface area contributed by atoms with Crippen LogP contribution in [0.5, 0.6) is 0 Å². The van der Waals surface area contributed by atoms with Crippen molar-refractivity contribution < 1.29 is 24.2 Å². The van der Waals surface area contributed by atoms with E-state index >= 15 is 0 Å². The van der Waals surface area contributed by atoms with Gasteiger partial charge in [-0.2, -0.15) is 0 Å². The Morgan fingerprint density at radius 1 is 1.10 bits per heavy atom. The lowest BCUT2D eigenvalue weighted by Gasteiger charge is -2.32. The van der Waals surface area contributed by atoms with Crippen molar-refractivity contribution in [3.8, 4) is 0 Å². The van der Waals surface area contributed by atoms with Crippen molar-refractivity contribution in [1.82, 2.24) is 4.90 Å². The zero-order chi connectivity index (χ0) is 24.1. The summed E-state index contributed by atoms with van der Waals surface area (Å²) in [7, 11) is 0. The Balaban J connectivity index is 2.52. The summed E-state index contributed by atoms with van der Waals surface area (Å²) in [6.45, 7) is 15.5. The number of nitrogens with two attached hydrogens (primary N) is 1. The van der Waals surface area contributed by atoms with Gasteiger partial charge in [0, 0.05) is 24.0 Å². The van der Waals surface area contributed by atoms with Crippen LogP contribution in [-0.2, 0) is 19.1 Å². The van der Waals surface area contributed by atoms with E-state index in [1.165, 1.54) is 0 Å². The average Bonchev–Trinajstić information content (AvgIpc) is 3.15. The first-order valence-corrected chi connectivity index (χ1v) is 11.5. The van der Waals surface area contributed by atoms with Gasteiger partial charge in [0.25, 0.3) is 0 Å². The van der Waals surface area contributed by atoms with E-state index in [2.05, 4.69) is 0 Å². The Hall–Kier alpha value is -1.31. The number of hydrogen-bond donors (Lipinski definition) is 2. The van der Waals surface area contributed by atoms with E-state index < -0.39 is 41.0 Å². The van der Waals surface area contributed by atoms with Crippen LogP contribution >= 0.6 is 0 Å². The van der Waals surface area contributed by atoms with E-state index in [9.17, 15) is 19.5 Å². The maximum atomic E-state index is 13.0. The molecule has 5 atom stereocenters. The second kappa shape index (κ2) is 11.0. The third kappa shape index (κ3) is 7.65. The number of aliphatic hydroxyl groups is 1. The summed E-state index contributed by atoms with van der Waals surface area (Å²) in [5.41, 5.74) is 4.99. The number of aliphatic hydroxyl groups excluding tert-OH is 1. The van der Waals surface area contributed by atoms with Gasteiger partial charge in [0.15, 0.2) is 11.6 Å². The summed E-state index contributed by atoms with van der Waals surface area (Å²) in [5.74, 6) is -0.733. The number of hydrogen-bond acceptors (Lipinski definition) is 6. The molecule has 0 aromatic carbocycles. The highest BCUT2D eigenvalue weighted by atomic mass is 16.5. The van der Waals surface area contributed by atoms with E-state index in [1.54, 1.807) is 18.7 Å². The predicted octanol–water partition coefficient (Wildman–Crippen LogP) is 2.72. The van der Waals surface area contributed by atoms with Crippen molar-refractivity contribution in [2.45, 2.75) is 105 Å². The van der Waals surface area contributed by atoms with Gasteiger partial charge in [-0.3, -0.25) is 14.4 Å². The molecule has 5 unspecified atom stereocenters. The molecule has 0 radical (unpaired) electrons. The first kappa shape index (κ1) is 27.7. The molecule has 1 rings (SSSR count). The summed E-state index contributed by atoms with van der Waals surface area (Å²) in [4.78, 5) is 39.6. The normalized spacial score (nSPS) is 21.5. The Labute approximate surface area is 188 Å². The molecule has 1 fully saturated rings. The highest BCUT2D eigenvalue weighted by Crippen LogP contribution is 2.28. The highest BCUT2D eigenvalue weighted by molar-refractivity contribution is 5.93. The summed E-state index contributed by atoms with van der Waals surface area (Å²) >= 11 is 0. The molecule has 180 valence electrons. The first-order valence-electron chi connectivity index (χ1n) is 11.5. The number of Topliss-reactive ketones (excluding diaryl/α,β-unsaturated/α-hetero) is 2. The number of carbonyl (C=O) groups is 3. The SMILES string of the molecule is CC(OCCCC(O)C(C)C(=O)N1CCCC1C(=O)C(C)(C)C)C(N)C(=O)C(C)(C)C. The molecular weight excluding hydrogens is 396 g/mol. The van der Waals surface area contributed by atoms with E-state index in [0.29, 0.717) is 32.4 Å². The topological polar surface area (TPSA) is 110 Å². The summed E-state index contributed by atoms with van der Waals surface area (Å²) in [6.07, 6.45) is 1.20. The number of carbonyl (C=O) groups excluding carboxylic acids is 3. The van der Waals surface area contributed by atoms with Crippen molar-refractivity contribution in [1.29, 1.82) is 0 Å². The third-order valence-electron chi connectivity index (χ3n) is 6.12. The molecule has 0 spiro atoms. The van der Waals surface area contributed by atoms with Crippen molar-refractivity contribution in [2.75, 3.05) is 13.2 Å². The van der Waals surface area contributed by atoms with Crippen LogP contribution in [0.25, 0.3) is 0 Å². The van der Waals surface area contributed by atoms with Crippen LogP contribution in [0.2, 0.25) is 0 Å². The zero-order valence-corrected chi connectivity index (χ0v) is 20.7. The largest absolute Gasteiger partial charge is 0.392 e. The molecule has 1 heterocycles. The molecule has 1 amide bonds. The number of amides is 1.